The van der Waals surface area contributed by atoms with Crippen molar-refractivity contribution in [2.24, 2.45) is 0 Å². The van der Waals surface area contributed by atoms with E-state index in [4.69, 9.17) is 0 Å². The minimum Gasteiger partial charge on any atom is -0.504 e. The zero-order valence-corrected chi connectivity index (χ0v) is 9.40. The third-order valence-electron chi connectivity index (χ3n) is 3.04. The van der Waals surface area contributed by atoms with E-state index in [-0.39, 0.29) is 17.5 Å². The molecule has 0 aliphatic heterocycles. The molecular formula is C14H14O2. The SMILES string of the molecule is CC=C1C(=O)C(O)=C(C)C1c1ccccc1. The van der Waals surface area contributed by atoms with Gasteiger partial charge in [0.2, 0.25) is 5.78 Å². The van der Waals surface area contributed by atoms with Crippen molar-refractivity contribution in [2.75, 3.05) is 0 Å². The first kappa shape index (κ1) is 10.7. The van der Waals surface area contributed by atoms with E-state index in [1.165, 1.54) is 0 Å². The minimum absolute atomic E-state index is 0.0845. The van der Waals surface area contributed by atoms with Crippen molar-refractivity contribution in [3.05, 3.63) is 58.9 Å². The molecule has 2 nitrogen and oxygen atoms in total. The maximum absolute atomic E-state index is 11.8. The molecule has 2 heteroatoms. The number of carbonyl (C=O) groups excluding carboxylic acids is 1. The lowest BCUT2D eigenvalue weighted by Crippen LogP contribution is -2.03. The topological polar surface area (TPSA) is 37.3 Å². The summed E-state index contributed by atoms with van der Waals surface area (Å²) < 4.78 is 0. The summed E-state index contributed by atoms with van der Waals surface area (Å²) in [5.41, 5.74) is 2.45. The fraction of sp³-hybridized carbons (Fsp3) is 0.214. The number of ketones is 1. The molecule has 1 unspecified atom stereocenters. The monoisotopic (exact) mass is 214 g/mol. The smallest absolute Gasteiger partial charge is 0.223 e. The van der Waals surface area contributed by atoms with Gasteiger partial charge in [-0.2, -0.15) is 0 Å². The summed E-state index contributed by atoms with van der Waals surface area (Å²) in [6, 6.07) is 9.77. The van der Waals surface area contributed by atoms with E-state index >= 15 is 0 Å². The van der Waals surface area contributed by atoms with Crippen molar-refractivity contribution in [2.45, 2.75) is 19.8 Å². The molecule has 0 spiro atoms. The molecule has 0 radical (unpaired) electrons. The maximum Gasteiger partial charge on any atom is 0.223 e. The van der Waals surface area contributed by atoms with E-state index in [0.29, 0.717) is 5.57 Å². The molecule has 0 heterocycles. The van der Waals surface area contributed by atoms with Crippen molar-refractivity contribution in [3.63, 3.8) is 0 Å². The predicted octanol–water partition coefficient (Wildman–Crippen LogP) is 3.13. The number of aliphatic hydroxyl groups excluding tert-OH is 1. The quantitative estimate of drug-likeness (QED) is 0.729. The van der Waals surface area contributed by atoms with Gasteiger partial charge in [0.25, 0.3) is 0 Å². The Bertz CT molecular complexity index is 481. The van der Waals surface area contributed by atoms with Gasteiger partial charge in [-0.1, -0.05) is 36.4 Å². The lowest BCUT2D eigenvalue weighted by molar-refractivity contribution is -0.114. The van der Waals surface area contributed by atoms with Crippen LogP contribution < -0.4 is 0 Å². The van der Waals surface area contributed by atoms with Crippen LogP contribution in [0.5, 0.6) is 0 Å². The highest BCUT2D eigenvalue weighted by atomic mass is 16.3. The van der Waals surface area contributed by atoms with E-state index in [2.05, 4.69) is 0 Å². The minimum atomic E-state index is -0.242. The van der Waals surface area contributed by atoms with E-state index in [0.717, 1.165) is 11.1 Å². The van der Waals surface area contributed by atoms with Crippen molar-refractivity contribution in [3.8, 4) is 0 Å². The summed E-state index contributed by atoms with van der Waals surface area (Å²) >= 11 is 0. The second-order valence-corrected chi connectivity index (χ2v) is 3.95. The first-order valence-corrected chi connectivity index (χ1v) is 5.32. The molecule has 0 saturated heterocycles. The second-order valence-electron chi connectivity index (χ2n) is 3.95. The summed E-state index contributed by atoms with van der Waals surface area (Å²) in [6.45, 7) is 3.64. The number of hydrogen-bond acceptors (Lipinski definition) is 2. The molecule has 16 heavy (non-hydrogen) atoms. The van der Waals surface area contributed by atoms with Gasteiger partial charge in [-0.05, 0) is 25.0 Å². The van der Waals surface area contributed by atoms with Crippen LogP contribution in [-0.4, -0.2) is 10.9 Å². The van der Waals surface area contributed by atoms with Crippen LogP contribution in [-0.2, 0) is 4.79 Å². The molecule has 0 saturated carbocycles. The Morgan fingerprint density at radius 2 is 1.88 bits per heavy atom. The number of carbonyl (C=O) groups is 1. The molecule has 1 aliphatic carbocycles. The number of hydrogen-bond donors (Lipinski definition) is 1. The van der Waals surface area contributed by atoms with Crippen molar-refractivity contribution in [1.29, 1.82) is 0 Å². The Balaban J connectivity index is 2.53. The van der Waals surface area contributed by atoms with Crippen molar-refractivity contribution < 1.29 is 9.90 Å². The summed E-state index contributed by atoms with van der Waals surface area (Å²) in [6.07, 6.45) is 1.78. The molecule has 1 aliphatic rings. The first-order chi connectivity index (χ1) is 7.66. The van der Waals surface area contributed by atoms with Crippen molar-refractivity contribution >= 4 is 5.78 Å². The van der Waals surface area contributed by atoms with Gasteiger partial charge < -0.3 is 5.11 Å². The van der Waals surface area contributed by atoms with Crippen molar-refractivity contribution in [1.82, 2.24) is 0 Å². The molecule has 1 aromatic rings. The van der Waals surface area contributed by atoms with Crippen LogP contribution >= 0.6 is 0 Å². The number of allylic oxidation sites excluding steroid dienone is 3. The highest BCUT2D eigenvalue weighted by Crippen LogP contribution is 2.40. The molecule has 0 bridgehead atoms. The maximum atomic E-state index is 11.8. The third kappa shape index (κ3) is 1.47. The molecule has 0 aromatic heterocycles. The van der Waals surface area contributed by atoms with Gasteiger partial charge in [-0.3, -0.25) is 4.79 Å². The summed E-state index contributed by atoms with van der Waals surface area (Å²) in [7, 11) is 0. The summed E-state index contributed by atoms with van der Waals surface area (Å²) in [4.78, 5) is 11.8. The lowest BCUT2D eigenvalue weighted by atomic mass is 9.89. The van der Waals surface area contributed by atoms with Gasteiger partial charge in [0, 0.05) is 11.5 Å². The number of aliphatic hydroxyl groups is 1. The first-order valence-electron chi connectivity index (χ1n) is 5.32. The number of Topliss-reactive ketones (excluding diaryl/α,β-unsaturated/α-hetero) is 1. The molecule has 1 atom stereocenters. The third-order valence-corrected chi connectivity index (χ3v) is 3.04. The van der Waals surface area contributed by atoms with Crippen LogP contribution in [0, 0.1) is 0 Å². The van der Waals surface area contributed by atoms with Gasteiger partial charge in [0.05, 0.1) is 0 Å². The van der Waals surface area contributed by atoms with Gasteiger partial charge >= 0.3 is 0 Å². The highest BCUT2D eigenvalue weighted by molar-refractivity contribution is 6.11. The summed E-state index contributed by atoms with van der Waals surface area (Å²) in [5.74, 6) is -0.422. The molecule has 1 aromatic carbocycles. The fourth-order valence-electron chi connectivity index (χ4n) is 2.19. The van der Waals surface area contributed by atoms with E-state index < -0.39 is 0 Å². The van der Waals surface area contributed by atoms with Gasteiger partial charge in [0.1, 0.15) is 0 Å². The standard InChI is InChI=1S/C14H14O2/c1-3-11-12(9(2)13(15)14(11)16)10-7-5-4-6-8-10/h3-8,12,15H,1-2H3. The van der Waals surface area contributed by atoms with Crippen LogP contribution in [0.4, 0.5) is 0 Å². The van der Waals surface area contributed by atoms with Gasteiger partial charge in [0.15, 0.2) is 5.76 Å². The highest BCUT2D eigenvalue weighted by Gasteiger charge is 2.35. The van der Waals surface area contributed by atoms with Gasteiger partial charge in [-0.15, -0.1) is 0 Å². The predicted molar refractivity (Wildman–Crippen MR) is 63.3 cm³/mol. The van der Waals surface area contributed by atoms with Crippen LogP contribution in [0.3, 0.4) is 0 Å². The van der Waals surface area contributed by atoms with Crippen LogP contribution in [0.2, 0.25) is 0 Å². The zero-order valence-electron chi connectivity index (χ0n) is 9.40. The average molecular weight is 214 g/mol. The van der Waals surface area contributed by atoms with Gasteiger partial charge in [-0.25, -0.2) is 0 Å². The molecule has 1 N–H and O–H groups in total. The van der Waals surface area contributed by atoms with E-state index in [9.17, 15) is 9.90 Å². The molecule has 0 fully saturated rings. The molecule has 0 amide bonds. The Labute approximate surface area is 94.9 Å². The molecule has 82 valence electrons. The molecular weight excluding hydrogens is 200 g/mol. The second kappa shape index (κ2) is 3.97. The van der Waals surface area contributed by atoms with E-state index in [1.54, 1.807) is 13.0 Å². The van der Waals surface area contributed by atoms with Crippen LogP contribution in [0.25, 0.3) is 0 Å². The fourth-order valence-corrected chi connectivity index (χ4v) is 2.19. The normalized spacial score (nSPS) is 23.2. The number of benzene rings is 1. The largest absolute Gasteiger partial charge is 0.504 e. The lowest BCUT2D eigenvalue weighted by Gasteiger charge is -2.13. The Morgan fingerprint density at radius 1 is 1.25 bits per heavy atom. The Kier molecular flexibility index (Phi) is 2.65. The zero-order chi connectivity index (χ0) is 11.7. The van der Waals surface area contributed by atoms with E-state index in [1.807, 2.05) is 37.3 Å². The number of rotatable bonds is 1. The average Bonchev–Trinajstić information content (AvgIpc) is 2.54. The summed E-state index contributed by atoms with van der Waals surface area (Å²) in [5, 5.41) is 9.69. The Hall–Kier alpha value is -1.83. The van der Waals surface area contributed by atoms with Crippen LogP contribution in [0.15, 0.2) is 53.3 Å². The Morgan fingerprint density at radius 3 is 2.44 bits per heavy atom. The van der Waals surface area contributed by atoms with Crippen LogP contribution in [0.1, 0.15) is 25.3 Å². The molecule has 2 rings (SSSR count).